The van der Waals surface area contributed by atoms with Crippen LogP contribution in [0.15, 0.2) is 24.3 Å². The van der Waals surface area contributed by atoms with E-state index in [0.29, 0.717) is 0 Å². The lowest BCUT2D eigenvalue weighted by molar-refractivity contribution is -0.0500. The van der Waals surface area contributed by atoms with Gasteiger partial charge in [-0.1, -0.05) is 18.2 Å². The Morgan fingerprint density at radius 1 is 1.23 bits per heavy atom. The Hall–Kier alpha value is -1.97. The molecule has 10 heteroatoms. The van der Waals surface area contributed by atoms with Crippen LogP contribution in [0.25, 0.3) is 0 Å². The summed E-state index contributed by atoms with van der Waals surface area (Å²) in [5.74, 6) is -0.419. The number of benzene rings is 1. The van der Waals surface area contributed by atoms with Crippen LogP contribution in [0.4, 0.5) is 18.0 Å². The quantitative estimate of drug-likeness (QED) is 0.342. The first-order valence-corrected chi connectivity index (χ1v) is 7.37. The van der Waals surface area contributed by atoms with E-state index < -0.39 is 27.5 Å². The lowest BCUT2D eigenvalue weighted by Gasteiger charge is -2.12. The van der Waals surface area contributed by atoms with E-state index >= 15 is 0 Å². The second kappa shape index (κ2) is 7.34. The van der Waals surface area contributed by atoms with Crippen molar-refractivity contribution in [3.63, 3.8) is 0 Å². The highest BCUT2D eigenvalue weighted by molar-refractivity contribution is 7.88. The van der Waals surface area contributed by atoms with E-state index in [1.165, 1.54) is 18.2 Å². The smallest absolute Gasteiger partial charge is 0.438 e. The van der Waals surface area contributed by atoms with Gasteiger partial charge < -0.3 is 13.7 Å². The predicted molar refractivity (Wildman–Crippen MR) is 68.7 cm³/mol. The second-order valence-corrected chi connectivity index (χ2v) is 5.53. The van der Waals surface area contributed by atoms with Gasteiger partial charge in [0.1, 0.15) is 5.75 Å². The van der Waals surface area contributed by atoms with Crippen molar-refractivity contribution in [2.45, 2.75) is 18.3 Å². The first-order valence-electron chi connectivity index (χ1n) is 5.97. The molecule has 1 rings (SSSR count). The van der Waals surface area contributed by atoms with E-state index in [1.807, 2.05) is 0 Å². The number of carbonyl (C=O) groups excluding carboxylic acids is 1. The second-order valence-electron chi connectivity index (χ2n) is 4.00. The highest BCUT2D eigenvalue weighted by Crippen LogP contribution is 2.29. The number of aryl methyl sites for hydroxylation is 1. The molecule has 124 valence electrons. The molecule has 0 radical (unpaired) electrons. The lowest BCUT2D eigenvalue weighted by atomic mass is 10.1. The van der Waals surface area contributed by atoms with Gasteiger partial charge in [-0.25, -0.2) is 4.79 Å². The van der Waals surface area contributed by atoms with Crippen molar-refractivity contribution >= 4 is 16.3 Å². The molecule has 1 aromatic carbocycles. The third-order valence-electron chi connectivity index (χ3n) is 2.43. The molecule has 0 aliphatic heterocycles. The zero-order valence-electron chi connectivity index (χ0n) is 11.4. The van der Waals surface area contributed by atoms with E-state index in [1.54, 1.807) is 0 Å². The molecule has 0 fully saturated rings. The summed E-state index contributed by atoms with van der Waals surface area (Å²) in [4.78, 5) is 10.7. The minimum atomic E-state index is -5.73. The van der Waals surface area contributed by atoms with Crippen molar-refractivity contribution in [1.29, 1.82) is 0 Å². The summed E-state index contributed by atoms with van der Waals surface area (Å²) in [6.45, 7) is -0.0347. The fourth-order valence-electron chi connectivity index (χ4n) is 1.43. The van der Waals surface area contributed by atoms with Crippen LogP contribution in [-0.2, 0) is 26.0 Å². The number of para-hydroxylation sites is 1. The number of alkyl halides is 3. The van der Waals surface area contributed by atoms with Crippen LogP contribution in [0.1, 0.15) is 12.0 Å². The first-order chi connectivity index (χ1) is 10.2. The largest absolute Gasteiger partial charge is 0.534 e. The highest BCUT2D eigenvalue weighted by atomic mass is 32.2. The minimum absolute atomic E-state index is 0.0347. The van der Waals surface area contributed by atoms with Gasteiger partial charge in [0.05, 0.1) is 13.7 Å². The molecule has 0 amide bonds. The molecule has 0 aromatic heterocycles. The average Bonchev–Trinajstić information content (AvgIpc) is 2.43. The number of methoxy groups -OCH3 is 1. The van der Waals surface area contributed by atoms with Gasteiger partial charge in [-0.05, 0) is 24.5 Å². The number of carbonyl (C=O) groups is 1. The Kier molecular flexibility index (Phi) is 6.03. The van der Waals surface area contributed by atoms with E-state index in [2.05, 4.69) is 13.7 Å². The molecule has 0 saturated carbocycles. The third-order valence-corrected chi connectivity index (χ3v) is 3.40. The minimum Gasteiger partial charge on any atom is -0.438 e. The van der Waals surface area contributed by atoms with Crippen LogP contribution in [0, 0.1) is 0 Å². The number of halogens is 3. The average molecular weight is 342 g/mol. The Morgan fingerprint density at radius 3 is 2.45 bits per heavy atom. The zero-order valence-corrected chi connectivity index (χ0v) is 12.2. The van der Waals surface area contributed by atoms with Gasteiger partial charge in [0.15, 0.2) is 0 Å². The summed E-state index contributed by atoms with van der Waals surface area (Å²) in [5, 5.41) is 0. The number of hydrogen-bond acceptors (Lipinski definition) is 6. The third kappa shape index (κ3) is 5.10. The summed E-state index contributed by atoms with van der Waals surface area (Å²) in [6.07, 6.45) is -0.480. The molecule has 0 saturated heterocycles. The van der Waals surface area contributed by atoms with Crippen LogP contribution < -0.4 is 4.18 Å². The van der Waals surface area contributed by atoms with Crippen molar-refractivity contribution < 1.29 is 40.0 Å². The topological polar surface area (TPSA) is 78.9 Å². The molecule has 22 heavy (non-hydrogen) atoms. The molecular weight excluding hydrogens is 329 g/mol. The van der Waals surface area contributed by atoms with Crippen LogP contribution in [-0.4, -0.2) is 33.8 Å². The predicted octanol–water partition coefficient (Wildman–Crippen LogP) is 2.63. The Balaban J connectivity index is 2.73. The van der Waals surface area contributed by atoms with Gasteiger partial charge in [0.2, 0.25) is 0 Å². The molecule has 0 unspecified atom stereocenters. The standard InChI is InChI=1S/C12H13F3O6S/c1-19-11(16)20-8-4-6-9-5-2-3-7-10(9)21-22(17,18)12(13,14)15/h2-3,5,7H,4,6,8H2,1H3. The van der Waals surface area contributed by atoms with Crippen LogP contribution >= 0.6 is 0 Å². The van der Waals surface area contributed by atoms with Gasteiger partial charge >= 0.3 is 21.8 Å². The SMILES string of the molecule is COC(=O)OCCCc1ccccc1OS(=O)(=O)C(F)(F)F. The number of ether oxygens (including phenoxy) is 2. The van der Waals surface area contributed by atoms with Crippen molar-refractivity contribution in [2.75, 3.05) is 13.7 Å². The van der Waals surface area contributed by atoms with Crippen molar-refractivity contribution in [3.8, 4) is 5.75 Å². The van der Waals surface area contributed by atoms with Gasteiger partial charge in [0, 0.05) is 0 Å². The van der Waals surface area contributed by atoms with Crippen LogP contribution in [0.2, 0.25) is 0 Å². The highest BCUT2D eigenvalue weighted by Gasteiger charge is 2.48. The Morgan fingerprint density at radius 2 is 1.86 bits per heavy atom. The molecule has 0 aliphatic carbocycles. The summed E-state index contributed by atoms with van der Waals surface area (Å²) >= 11 is 0. The molecule has 1 aromatic rings. The zero-order chi connectivity index (χ0) is 16.8. The maximum Gasteiger partial charge on any atom is 0.534 e. The molecule has 0 aliphatic rings. The summed E-state index contributed by atoms with van der Waals surface area (Å²) in [7, 11) is -4.59. The fraction of sp³-hybridized carbons (Fsp3) is 0.417. The van der Waals surface area contributed by atoms with Gasteiger partial charge in [-0.3, -0.25) is 0 Å². The Bertz CT molecular complexity index is 612. The molecule has 0 spiro atoms. The van der Waals surface area contributed by atoms with E-state index in [4.69, 9.17) is 0 Å². The van der Waals surface area contributed by atoms with Crippen LogP contribution in [0.5, 0.6) is 5.75 Å². The number of hydrogen-bond donors (Lipinski definition) is 0. The molecule has 0 N–H and O–H groups in total. The maximum absolute atomic E-state index is 12.3. The normalized spacial score (nSPS) is 11.8. The molecule has 0 atom stereocenters. The maximum atomic E-state index is 12.3. The fourth-order valence-corrected chi connectivity index (χ4v) is 1.93. The summed E-state index contributed by atoms with van der Waals surface area (Å²) in [6, 6.07) is 5.39. The van der Waals surface area contributed by atoms with Crippen LogP contribution in [0.3, 0.4) is 0 Å². The van der Waals surface area contributed by atoms with E-state index in [9.17, 15) is 26.4 Å². The van der Waals surface area contributed by atoms with Gasteiger partial charge in [-0.15, -0.1) is 0 Å². The number of rotatable bonds is 6. The molecule has 0 bridgehead atoms. The van der Waals surface area contributed by atoms with E-state index in [0.717, 1.165) is 13.2 Å². The summed E-state index contributed by atoms with van der Waals surface area (Å²) in [5.41, 5.74) is -5.27. The molecule has 6 nitrogen and oxygen atoms in total. The van der Waals surface area contributed by atoms with Crippen molar-refractivity contribution in [3.05, 3.63) is 29.8 Å². The first kappa shape index (κ1) is 18.1. The summed E-state index contributed by atoms with van der Waals surface area (Å²) < 4.78 is 71.9. The molecular formula is C12H13F3O6S. The molecule has 0 heterocycles. The van der Waals surface area contributed by atoms with Gasteiger partial charge in [-0.2, -0.15) is 21.6 Å². The van der Waals surface area contributed by atoms with Crippen molar-refractivity contribution in [2.24, 2.45) is 0 Å². The Labute approximate surface area is 124 Å². The van der Waals surface area contributed by atoms with Gasteiger partial charge in [0.25, 0.3) is 0 Å². The van der Waals surface area contributed by atoms with Crippen molar-refractivity contribution in [1.82, 2.24) is 0 Å². The van der Waals surface area contributed by atoms with E-state index in [-0.39, 0.29) is 25.0 Å². The monoisotopic (exact) mass is 342 g/mol. The lowest BCUT2D eigenvalue weighted by Crippen LogP contribution is -2.28.